The Hall–Kier alpha value is -3.91. The predicted molar refractivity (Wildman–Crippen MR) is 143 cm³/mol. The summed E-state index contributed by atoms with van der Waals surface area (Å²) in [4.78, 5) is 13.0. The second-order valence-electron chi connectivity index (χ2n) is 9.55. The molecule has 1 N–H and O–H groups in total. The highest BCUT2D eigenvalue weighted by atomic mass is 16.6. The summed E-state index contributed by atoms with van der Waals surface area (Å²) in [6.45, 7) is 3.80. The maximum Gasteiger partial charge on any atom is 0.343 e. The van der Waals surface area contributed by atoms with Crippen molar-refractivity contribution in [2.75, 3.05) is 35.5 Å². The molecule has 0 unspecified atom stereocenters. The van der Waals surface area contributed by atoms with E-state index >= 15 is 0 Å². The largest absolute Gasteiger partial charge is 0.493 e. The number of esters is 1. The lowest BCUT2D eigenvalue weighted by Gasteiger charge is -2.36. The average Bonchev–Trinajstić information content (AvgIpc) is 2.91. The third kappa shape index (κ3) is 4.72. The highest BCUT2D eigenvalue weighted by Crippen LogP contribution is 2.56. The lowest BCUT2D eigenvalue weighted by Crippen LogP contribution is -2.37. The minimum atomic E-state index is -1.06. The Balaban J connectivity index is 2.05. The van der Waals surface area contributed by atoms with E-state index in [0.717, 1.165) is 11.1 Å². The normalized spacial score (nSPS) is 18.3. The molecule has 0 amide bonds. The molecule has 0 heterocycles. The van der Waals surface area contributed by atoms with Crippen LogP contribution in [0.5, 0.6) is 34.5 Å². The van der Waals surface area contributed by atoms with Crippen LogP contribution in [0.2, 0.25) is 0 Å². The Morgan fingerprint density at radius 2 is 1.32 bits per heavy atom. The molecular weight excluding hydrogens is 488 g/mol. The predicted octanol–water partition coefficient (Wildman–Crippen LogP) is 5.10. The van der Waals surface area contributed by atoms with Gasteiger partial charge >= 0.3 is 5.97 Å². The molecule has 202 valence electrons. The van der Waals surface area contributed by atoms with Gasteiger partial charge in [-0.1, -0.05) is 25.1 Å². The number of rotatable bonds is 7. The van der Waals surface area contributed by atoms with Crippen LogP contribution in [0.25, 0.3) is 11.1 Å². The molecular formula is C30H34O8. The Kier molecular flexibility index (Phi) is 7.73. The fourth-order valence-corrected chi connectivity index (χ4v) is 5.03. The summed E-state index contributed by atoms with van der Waals surface area (Å²) < 4.78 is 34.7. The smallest absolute Gasteiger partial charge is 0.343 e. The molecule has 0 spiro atoms. The van der Waals surface area contributed by atoms with Crippen LogP contribution in [0.15, 0.2) is 42.5 Å². The molecule has 2 atom stereocenters. The third-order valence-corrected chi connectivity index (χ3v) is 7.20. The minimum Gasteiger partial charge on any atom is -0.493 e. The second-order valence-corrected chi connectivity index (χ2v) is 9.55. The maximum atomic E-state index is 13.0. The van der Waals surface area contributed by atoms with Crippen molar-refractivity contribution in [1.82, 2.24) is 0 Å². The van der Waals surface area contributed by atoms with Crippen molar-refractivity contribution in [3.8, 4) is 45.6 Å². The fraction of sp³-hybridized carbons (Fsp3) is 0.367. The van der Waals surface area contributed by atoms with E-state index in [2.05, 4.69) is 0 Å². The summed E-state index contributed by atoms with van der Waals surface area (Å²) in [6.07, 6.45) is 0.797. The molecule has 3 aromatic rings. The monoisotopic (exact) mass is 522 g/mol. The van der Waals surface area contributed by atoms with E-state index in [-0.39, 0.29) is 17.4 Å². The lowest BCUT2D eigenvalue weighted by molar-refractivity contribution is 0.00626. The van der Waals surface area contributed by atoms with Gasteiger partial charge in [0.15, 0.2) is 23.0 Å². The first kappa shape index (κ1) is 27.1. The highest BCUT2D eigenvalue weighted by molar-refractivity contribution is 5.93. The molecule has 4 rings (SSSR count). The number of carbonyl (C=O) groups excluding carboxylic acids is 1. The van der Waals surface area contributed by atoms with E-state index < -0.39 is 11.6 Å². The number of ether oxygens (including phenoxy) is 6. The van der Waals surface area contributed by atoms with Crippen LogP contribution in [0.4, 0.5) is 0 Å². The van der Waals surface area contributed by atoms with Crippen LogP contribution in [0.1, 0.15) is 35.3 Å². The number of benzene rings is 3. The van der Waals surface area contributed by atoms with E-state index in [0.29, 0.717) is 52.5 Å². The molecule has 0 saturated carbocycles. The first-order valence-electron chi connectivity index (χ1n) is 12.3. The van der Waals surface area contributed by atoms with Gasteiger partial charge in [0, 0.05) is 17.5 Å². The molecule has 1 aliphatic carbocycles. The standard InChI is InChI=1S/C30H34O8/c1-17-13-19-14-22(38-29(31)18-11-9-8-10-12-18)26(35-5)27(36-6)23(19)24-20(16-30(17,2)32)15-21(33-3)25(34-4)28(24)37-7/h8-12,14-15,17,32H,13,16H2,1-7H3/t17-,30-/m0/s1. The quantitative estimate of drug-likeness (QED) is 0.338. The molecule has 38 heavy (non-hydrogen) atoms. The molecule has 0 saturated heterocycles. The van der Waals surface area contributed by atoms with Gasteiger partial charge in [-0.25, -0.2) is 4.79 Å². The first-order valence-corrected chi connectivity index (χ1v) is 12.3. The highest BCUT2D eigenvalue weighted by Gasteiger charge is 2.38. The van der Waals surface area contributed by atoms with E-state index in [1.165, 1.54) is 14.2 Å². The third-order valence-electron chi connectivity index (χ3n) is 7.20. The van der Waals surface area contributed by atoms with E-state index in [4.69, 9.17) is 28.4 Å². The van der Waals surface area contributed by atoms with Crippen LogP contribution < -0.4 is 28.4 Å². The lowest BCUT2D eigenvalue weighted by atomic mass is 9.75. The number of fused-ring (bicyclic) bond motifs is 3. The summed E-state index contributed by atoms with van der Waals surface area (Å²) in [5.41, 5.74) is 2.30. The minimum absolute atomic E-state index is 0.163. The first-order chi connectivity index (χ1) is 18.2. The maximum absolute atomic E-state index is 13.0. The van der Waals surface area contributed by atoms with Gasteiger partial charge < -0.3 is 33.5 Å². The Labute approximate surface area is 223 Å². The van der Waals surface area contributed by atoms with Gasteiger partial charge in [0.2, 0.25) is 11.5 Å². The number of hydrogen-bond donors (Lipinski definition) is 1. The molecule has 0 radical (unpaired) electrons. The molecule has 8 heteroatoms. The van der Waals surface area contributed by atoms with E-state index in [1.54, 1.807) is 51.7 Å². The van der Waals surface area contributed by atoms with Crippen molar-refractivity contribution < 1.29 is 38.3 Å². The Bertz CT molecular complexity index is 1330. The van der Waals surface area contributed by atoms with Crippen molar-refractivity contribution in [2.24, 2.45) is 5.92 Å². The summed E-state index contributed by atoms with van der Waals surface area (Å²) in [5.74, 6) is 1.49. The average molecular weight is 523 g/mol. The van der Waals surface area contributed by atoms with Crippen LogP contribution in [0.3, 0.4) is 0 Å². The molecule has 0 aliphatic heterocycles. The molecule has 1 aliphatic rings. The van der Waals surface area contributed by atoms with Crippen molar-refractivity contribution >= 4 is 5.97 Å². The summed E-state index contributed by atoms with van der Waals surface area (Å²) in [5, 5.41) is 11.5. The summed E-state index contributed by atoms with van der Waals surface area (Å²) in [7, 11) is 7.67. The van der Waals surface area contributed by atoms with Gasteiger partial charge in [-0.2, -0.15) is 0 Å². The Morgan fingerprint density at radius 1 is 0.789 bits per heavy atom. The van der Waals surface area contributed by atoms with Crippen molar-refractivity contribution in [2.45, 2.75) is 32.3 Å². The second kappa shape index (κ2) is 10.8. The Morgan fingerprint density at radius 3 is 1.87 bits per heavy atom. The zero-order valence-electron chi connectivity index (χ0n) is 22.8. The van der Waals surface area contributed by atoms with E-state index in [9.17, 15) is 9.90 Å². The van der Waals surface area contributed by atoms with Gasteiger partial charge in [-0.05, 0) is 54.7 Å². The SMILES string of the molecule is COc1cc2c(c(OC)c1OC)-c1c(cc(OC(=O)c3ccccc3)c(OC)c1OC)C[C@H](C)[C@@](C)(O)C2. The van der Waals surface area contributed by atoms with E-state index in [1.807, 2.05) is 26.0 Å². The molecule has 8 nitrogen and oxygen atoms in total. The zero-order valence-corrected chi connectivity index (χ0v) is 22.8. The molecule has 0 bridgehead atoms. The van der Waals surface area contributed by atoms with Gasteiger partial charge in [0.25, 0.3) is 0 Å². The summed E-state index contributed by atoms with van der Waals surface area (Å²) in [6, 6.07) is 12.3. The van der Waals surface area contributed by atoms with Crippen molar-refractivity contribution in [1.29, 1.82) is 0 Å². The van der Waals surface area contributed by atoms with Gasteiger partial charge in [0.05, 0.1) is 46.7 Å². The van der Waals surface area contributed by atoms with Crippen LogP contribution >= 0.6 is 0 Å². The van der Waals surface area contributed by atoms with Gasteiger partial charge in [0.1, 0.15) is 0 Å². The van der Waals surface area contributed by atoms with Crippen LogP contribution in [0, 0.1) is 5.92 Å². The number of aliphatic hydroxyl groups is 1. The zero-order chi connectivity index (χ0) is 27.6. The molecule has 0 fully saturated rings. The van der Waals surface area contributed by atoms with Crippen molar-refractivity contribution in [3.63, 3.8) is 0 Å². The van der Waals surface area contributed by atoms with Gasteiger partial charge in [-0.15, -0.1) is 0 Å². The number of methoxy groups -OCH3 is 5. The van der Waals surface area contributed by atoms with Crippen molar-refractivity contribution in [3.05, 3.63) is 59.2 Å². The van der Waals surface area contributed by atoms with Crippen LogP contribution in [-0.4, -0.2) is 52.2 Å². The fourth-order valence-electron chi connectivity index (χ4n) is 5.03. The number of carbonyl (C=O) groups is 1. The van der Waals surface area contributed by atoms with Gasteiger partial charge in [-0.3, -0.25) is 0 Å². The van der Waals surface area contributed by atoms with Crippen LogP contribution in [-0.2, 0) is 12.8 Å². The molecule has 0 aromatic heterocycles. The number of hydrogen-bond acceptors (Lipinski definition) is 8. The summed E-state index contributed by atoms with van der Waals surface area (Å²) >= 11 is 0. The topological polar surface area (TPSA) is 92.7 Å². The molecule has 3 aromatic carbocycles.